The van der Waals surface area contributed by atoms with Crippen molar-refractivity contribution < 1.29 is 13.2 Å². The van der Waals surface area contributed by atoms with Crippen LogP contribution in [0.5, 0.6) is 0 Å². The molecule has 0 fully saturated rings. The minimum atomic E-state index is -4.54. The number of imidazole rings is 1. The number of halogens is 3. The first-order valence-electron chi connectivity index (χ1n) is 7.72. The fourth-order valence-corrected chi connectivity index (χ4v) is 2.57. The van der Waals surface area contributed by atoms with Gasteiger partial charge in [-0.3, -0.25) is 9.50 Å². The van der Waals surface area contributed by atoms with Crippen molar-refractivity contribution in [2.75, 3.05) is 5.32 Å². The van der Waals surface area contributed by atoms with Crippen molar-refractivity contribution in [3.63, 3.8) is 0 Å². The second kappa shape index (κ2) is 5.87. The average molecular weight is 358 g/mol. The highest BCUT2D eigenvalue weighted by molar-refractivity contribution is 5.67. The first-order valence-corrected chi connectivity index (χ1v) is 7.72. The Labute approximate surface area is 145 Å². The van der Waals surface area contributed by atoms with E-state index < -0.39 is 11.9 Å². The van der Waals surface area contributed by atoms with Gasteiger partial charge in [0.25, 0.3) is 0 Å². The molecule has 0 aliphatic heterocycles. The number of hydrogen-bond donors (Lipinski definition) is 2. The molecule has 0 unspecified atom stereocenters. The third-order valence-corrected chi connectivity index (χ3v) is 3.76. The van der Waals surface area contributed by atoms with E-state index in [0.29, 0.717) is 11.5 Å². The van der Waals surface area contributed by atoms with Crippen molar-refractivity contribution >= 4 is 17.4 Å². The molecule has 26 heavy (non-hydrogen) atoms. The highest BCUT2D eigenvalue weighted by Gasteiger charge is 2.34. The highest BCUT2D eigenvalue weighted by atomic mass is 19.4. The standard InChI is InChI=1S/C17H13F3N6/c1-10-7-14(25-24-10)23-16-21-12(11-5-3-2-4-6-11)8-15-22-13(9-26(15)16)17(18,19)20/h2-9H,1H3,(H2,21,23,24,25). The molecule has 6 nitrogen and oxygen atoms in total. The van der Waals surface area contributed by atoms with Crippen LogP contribution in [0.2, 0.25) is 0 Å². The fraction of sp³-hybridized carbons (Fsp3) is 0.118. The van der Waals surface area contributed by atoms with Gasteiger partial charge in [0.1, 0.15) is 5.65 Å². The Balaban J connectivity index is 1.89. The van der Waals surface area contributed by atoms with Crippen molar-refractivity contribution in [2.24, 2.45) is 0 Å². The number of aromatic nitrogens is 5. The number of hydrogen-bond acceptors (Lipinski definition) is 4. The largest absolute Gasteiger partial charge is 0.434 e. The van der Waals surface area contributed by atoms with Crippen LogP contribution in [0.4, 0.5) is 24.9 Å². The molecule has 4 aromatic rings. The highest BCUT2D eigenvalue weighted by Crippen LogP contribution is 2.31. The molecule has 9 heteroatoms. The molecule has 0 saturated heterocycles. The normalized spacial score (nSPS) is 11.8. The van der Waals surface area contributed by atoms with Gasteiger partial charge < -0.3 is 5.32 Å². The van der Waals surface area contributed by atoms with Crippen LogP contribution in [-0.2, 0) is 6.18 Å². The van der Waals surface area contributed by atoms with Gasteiger partial charge in [-0.15, -0.1) is 0 Å². The first-order chi connectivity index (χ1) is 12.4. The maximum atomic E-state index is 13.1. The van der Waals surface area contributed by atoms with Crippen molar-refractivity contribution in [1.82, 2.24) is 24.6 Å². The number of H-pyrrole nitrogens is 1. The quantitative estimate of drug-likeness (QED) is 0.576. The lowest BCUT2D eigenvalue weighted by Gasteiger charge is -2.08. The van der Waals surface area contributed by atoms with Crippen LogP contribution in [0, 0.1) is 6.92 Å². The van der Waals surface area contributed by atoms with E-state index in [1.54, 1.807) is 6.07 Å². The van der Waals surface area contributed by atoms with E-state index in [9.17, 15) is 13.2 Å². The zero-order chi connectivity index (χ0) is 18.3. The Bertz CT molecular complexity index is 1070. The topological polar surface area (TPSA) is 70.9 Å². The summed E-state index contributed by atoms with van der Waals surface area (Å²) in [5.74, 6) is 0.639. The van der Waals surface area contributed by atoms with E-state index in [4.69, 9.17) is 0 Å². The van der Waals surface area contributed by atoms with Crippen molar-refractivity contribution in [3.8, 4) is 11.3 Å². The summed E-state index contributed by atoms with van der Waals surface area (Å²) in [7, 11) is 0. The third-order valence-electron chi connectivity index (χ3n) is 3.76. The molecule has 3 heterocycles. The van der Waals surface area contributed by atoms with Crippen LogP contribution in [0.1, 0.15) is 11.4 Å². The molecular formula is C17H13F3N6. The zero-order valence-corrected chi connectivity index (χ0v) is 13.5. The molecule has 0 spiro atoms. The molecule has 0 aliphatic carbocycles. The van der Waals surface area contributed by atoms with Crippen LogP contribution in [0.3, 0.4) is 0 Å². The van der Waals surface area contributed by atoms with Gasteiger partial charge in [0.05, 0.1) is 5.69 Å². The summed E-state index contributed by atoms with van der Waals surface area (Å²) < 4.78 is 40.5. The van der Waals surface area contributed by atoms with Gasteiger partial charge in [-0.05, 0) is 6.92 Å². The lowest BCUT2D eigenvalue weighted by molar-refractivity contribution is -0.140. The number of nitrogens with zero attached hydrogens (tertiary/aromatic N) is 4. The number of rotatable bonds is 3. The number of fused-ring (bicyclic) bond motifs is 1. The van der Waals surface area contributed by atoms with E-state index in [1.165, 1.54) is 10.5 Å². The first kappa shape index (κ1) is 16.1. The van der Waals surface area contributed by atoms with Gasteiger partial charge in [0.15, 0.2) is 11.5 Å². The molecule has 0 aliphatic rings. The fourth-order valence-electron chi connectivity index (χ4n) is 2.57. The molecule has 132 valence electrons. The van der Waals surface area contributed by atoms with Crippen LogP contribution in [-0.4, -0.2) is 24.6 Å². The summed E-state index contributed by atoms with van der Waals surface area (Å²) in [5.41, 5.74) is 1.25. The number of alkyl halides is 3. The summed E-state index contributed by atoms with van der Waals surface area (Å²) in [6, 6.07) is 12.4. The molecule has 1 aromatic carbocycles. The summed E-state index contributed by atoms with van der Waals surface area (Å²) in [6.07, 6.45) is -3.63. The van der Waals surface area contributed by atoms with Gasteiger partial charge in [-0.25, -0.2) is 9.97 Å². The molecule has 0 atom stereocenters. The van der Waals surface area contributed by atoms with Gasteiger partial charge in [0.2, 0.25) is 5.95 Å². The van der Waals surface area contributed by atoms with Crippen LogP contribution in [0.25, 0.3) is 16.9 Å². The molecule has 0 radical (unpaired) electrons. The Kier molecular flexibility index (Phi) is 3.64. The average Bonchev–Trinajstić information content (AvgIpc) is 3.21. The van der Waals surface area contributed by atoms with E-state index >= 15 is 0 Å². The lowest BCUT2D eigenvalue weighted by atomic mass is 10.1. The van der Waals surface area contributed by atoms with Gasteiger partial charge in [-0.2, -0.15) is 18.3 Å². The van der Waals surface area contributed by atoms with Crippen LogP contribution in [0.15, 0.2) is 48.7 Å². The van der Waals surface area contributed by atoms with Gasteiger partial charge in [-0.1, -0.05) is 30.3 Å². The van der Waals surface area contributed by atoms with E-state index in [1.807, 2.05) is 37.3 Å². The zero-order valence-electron chi connectivity index (χ0n) is 13.5. The molecule has 0 saturated carbocycles. The smallest absolute Gasteiger partial charge is 0.308 e. The predicted molar refractivity (Wildman–Crippen MR) is 90.0 cm³/mol. The number of benzene rings is 1. The second-order valence-electron chi connectivity index (χ2n) is 5.74. The molecule has 0 bridgehead atoms. The van der Waals surface area contributed by atoms with Crippen LogP contribution >= 0.6 is 0 Å². The number of anilines is 2. The van der Waals surface area contributed by atoms with Crippen LogP contribution < -0.4 is 5.32 Å². The Morgan fingerprint density at radius 1 is 1.08 bits per heavy atom. The SMILES string of the molecule is Cc1cc(Nc2nc(-c3ccccc3)cc3nc(C(F)(F)F)cn23)n[nH]1. The van der Waals surface area contributed by atoms with E-state index in [0.717, 1.165) is 17.5 Å². The predicted octanol–water partition coefficient (Wildman–Crippen LogP) is 4.19. The third kappa shape index (κ3) is 2.99. The van der Waals surface area contributed by atoms with Gasteiger partial charge in [0, 0.05) is 29.6 Å². The van der Waals surface area contributed by atoms with Crippen molar-refractivity contribution in [2.45, 2.75) is 13.1 Å². The lowest BCUT2D eigenvalue weighted by Crippen LogP contribution is -2.05. The summed E-state index contributed by atoms with van der Waals surface area (Å²) >= 11 is 0. The monoisotopic (exact) mass is 358 g/mol. The Morgan fingerprint density at radius 2 is 1.85 bits per heavy atom. The number of aryl methyl sites for hydroxylation is 1. The van der Waals surface area contributed by atoms with E-state index in [2.05, 4.69) is 25.5 Å². The Hall–Kier alpha value is -3.36. The molecule has 0 amide bonds. The number of nitrogens with one attached hydrogen (secondary N) is 2. The minimum Gasteiger partial charge on any atom is -0.308 e. The molecular weight excluding hydrogens is 345 g/mol. The minimum absolute atomic E-state index is 0.140. The van der Waals surface area contributed by atoms with Gasteiger partial charge >= 0.3 is 6.18 Å². The summed E-state index contributed by atoms with van der Waals surface area (Å²) in [4.78, 5) is 8.17. The van der Waals surface area contributed by atoms with E-state index in [-0.39, 0.29) is 11.6 Å². The molecule has 4 rings (SSSR count). The summed E-state index contributed by atoms with van der Waals surface area (Å²) in [6.45, 7) is 1.82. The van der Waals surface area contributed by atoms with Crippen molar-refractivity contribution in [3.05, 3.63) is 60.0 Å². The molecule has 3 aromatic heterocycles. The Morgan fingerprint density at radius 3 is 2.50 bits per heavy atom. The summed E-state index contributed by atoms with van der Waals surface area (Å²) in [5, 5.41) is 9.76. The maximum absolute atomic E-state index is 13.1. The number of aromatic amines is 1. The molecule has 2 N–H and O–H groups in total. The van der Waals surface area contributed by atoms with Crippen molar-refractivity contribution in [1.29, 1.82) is 0 Å². The maximum Gasteiger partial charge on any atom is 0.434 e. The second-order valence-corrected chi connectivity index (χ2v) is 5.74.